The number of guanidine groups is 1. The fraction of sp³-hybridized carbons (Fsp3) is 0.350. The van der Waals surface area contributed by atoms with E-state index in [9.17, 15) is 9.50 Å². The second-order valence-electron chi connectivity index (χ2n) is 5.95. The maximum Gasteiger partial charge on any atom is 0.191 e. The molecule has 0 amide bonds. The molecule has 0 aliphatic carbocycles. The summed E-state index contributed by atoms with van der Waals surface area (Å²) in [6, 6.07) is 10.7. The van der Waals surface area contributed by atoms with Crippen molar-refractivity contribution in [1.29, 1.82) is 0 Å². The molecule has 0 aromatic heterocycles. The van der Waals surface area contributed by atoms with Gasteiger partial charge in [-0.25, -0.2) is 9.38 Å². The van der Waals surface area contributed by atoms with Crippen molar-refractivity contribution in [2.24, 2.45) is 4.99 Å². The number of benzene rings is 2. The van der Waals surface area contributed by atoms with E-state index < -0.39 is 5.82 Å². The van der Waals surface area contributed by atoms with Crippen molar-refractivity contribution in [3.05, 3.63) is 64.5 Å². The standard InChI is InChI=1S/C20H26FN3O2/c1-4-22-20(23-11-15-6-8-18(21)17(10-15)13-25)24-12-16-7-5-14(2)9-19(16)26-3/h5-10,25H,4,11-13H2,1-3H3,(H2,22,23,24). The summed E-state index contributed by atoms with van der Waals surface area (Å²) in [4.78, 5) is 4.53. The van der Waals surface area contributed by atoms with E-state index in [4.69, 9.17) is 4.74 Å². The van der Waals surface area contributed by atoms with Crippen LogP contribution in [0.1, 0.15) is 29.2 Å². The Kier molecular flexibility index (Phi) is 7.41. The lowest BCUT2D eigenvalue weighted by Crippen LogP contribution is -2.36. The lowest BCUT2D eigenvalue weighted by molar-refractivity contribution is 0.275. The van der Waals surface area contributed by atoms with E-state index >= 15 is 0 Å². The van der Waals surface area contributed by atoms with Crippen molar-refractivity contribution in [1.82, 2.24) is 10.6 Å². The fourth-order valence-corrected chi connectivity index (χ4v) is 2.54. The van der Waals surface area contributed by atoms with Gasteiger partial charge in [-0.2, -0.15) is 0 Å². The van der Waals surface area contributed by atoms with Crippen molar-refractivity contribution in [2.75, 3.05) is 13.7 Å². The van der Waals surface area contributed by atoms with Gasteiger partial charge >= 0.3 is 0 Å². The monoisotopic (exact) mass is 359 g/mol. The second kappa shape index (κ2) is 9.77. The SMILES string of the molecule is CCNC(=NCc1ccc(F)c(CO)c1)NCc1ccc(C)cc1OC. The summed E-state index contributed by atoms with van der Waals surface area (Å²) in [5, 5.41) is 15.6. The first-order valence-electron chi connectivity index (χ1n) is 8.61. The van der Waals surface area contributed by atoms with Crippen molar-refractivity contribution in [2.45, 2.75) is 33.5 Å². The fourth-order valence-electron chi connectivity index (χ4n) is 2.54. The third-order valence-electron chi connectivity index (χ3n) is 3.93. The highest BCUT2D eigenvalue weighted by atomic mass is 19.1. The molecule has 0 aliphatic rings. The molecule has 0 spiro atoms. The van der Waals surface area contributed by atoms with E-state index in [1.165, 1.54) is 6.07 Å². The number of nitrogens with one attached hydrogen (secondary N) is 2. The van der Waals surface area contributed by atoms with E-state index in [1.54, 1.807) is 19.2 Å². The Hall–Kier alpha value is -2.60. The minimum atomic E-state index is -0.406. The number of aliphatic hydroxyl groups excluding tert-OH is 1. The highest BCUT2D eigenvalue weighted by Crippen LogP contribution is 2.19. The maximum absolute atomic E-state index is 13.5. The molecule has 0 bridgehead atoms. The van der Waals surface area contributed by atoms with Crippen LogP contribution in [0.4, 0.5) is 4.39 Å². The highest BCUT2D eigenvalue weighted by molar-refractivity contribution is 5.79. The van der Waals surface area contributed by atoms with E-state index in [-0.39, 0.29) is 12.2 Å². The average Bonchev–Trinajstić information content (AvgIpc) is 2.65. The number of aliphatic hydroxyl groups is 1. The predicted molar refractivity (Wildman–Crippen MR) is 102 cm³/mol. The molecule has 26 heavy (non-hydrogen) atoms. The largest absolute Gasteiger partial charge is 0.496 e. The quantitative estimate of drug-likeness (QED) is 0.525. The van der Waals surface area contributed by atoms with Gasteiger partial charge in [0, 0.05) is 24.2 Å². The molecular weight excluding hydrogens is 333 g/mol. The Morgan fingerprint density at radius 3 is 2.65 bits per heavy atom. The zero-order valence-electron chi connectivity index (χ0n) is 15.5. The van der Waals surface area contributed by atoms with Gasteiger partial charge in [-0.1, -0.05) is 18.2 Å². The van der Waals surface area contributed by atoms with E-state index in [0.717, 1.165) is 29.0 Å². The molecule has 2 aromatic carbocycles. The number of ether oxygens (including phenoxy) is 1. The lowest BCUT2D eigenvalue weighted by Gasteiger charge is -2.14. The summed E-state index contributed by atoms with van der Waals surface area (Å²) in [7, 11) is 1.66. The predicted octanol–water partition coefficient (Wildman–Crippen LogP) is 2.89. The van der Waals surface area contributed by atoms with Crippen LogP contribution in [0, 0.1) is 12.7 Å². The molecule has 2 rings (SSSR count). The van der Waals surface area contributed by atoms with Gasteiger partial charge in [0.2, 0.25) is 0 Å². The summed E-state index contributed by atoms with van der Waals surface area (Å²) >= 11 is 0. The molecule has 0 unspecified atom stereocenters. The van der Waals surface area contributed by atoms with Crippen molar-refractivity contribution >= 4 is 5.96 Å². The smallest absolute Gasteiger partial charge is 0.191 e. The van der Waals surface area contributed by atoms with Crippen LogP contribution >= 0.6 is 0 Å². The molecular formula is C20H26FN3O2. The molecule has 0 aliphatic heterocycles. The van der Waals surface area contributed by atoms with Crippen LogP contribution in [0.3, 0.4) is 0 Å². The van der Waals surface area contributed by atoms with Gasteiger partial charge < -0.3 is 20.5 Å². The zero-order valence-corrected chi connectivity index (χ0v) is 15.5. The molecule has 2 aromatic rings. The van der Waals surface area contributed by atoms with Crippen molar-refractivity contribution < 1.29 is 14.2 Å². The minimum absolute atomic E-state index is 0.278. The number of hydrogen-bond donors (Lipinski definition) is 3. The number of halogens is 1. The van der Waals surface area contributed by atoms with Crippen LogP contribution < -0.4 is 15.4 Å². The number of aliphatic imine (C=N–C) groups is 1. The highest BCUT2D eigenvalue weighted by Gasteiger charge is 2.06. The minimum Gasteiger partial charge on any atom is -0.496 e. The van der Waals surface area contributed by atoms with Crippen LogP contribution in [-0.2, 0) is 19.7 Å². The van der Waals surface area contributed by atoms with Crippen LogP contribution in [0.15, 0.2) is 41.4 Å². The molecule has 0 saturated heterocycles. The Bertz CT molecular complexity index is 763. The Labute approximate surface area is 153 Å². The average molecular weight is 359 g/mol. The number of aryl methyl sites for hydroxylation is 1. The Morgan fingerprint density at radius 2 is 1.96 bits per heavy atom. The summed E-state index contributed by atoms with van der Waals surface area (Å²) in [6.07, 6.45) is 0. The van der Waals surface area contributed by atoms with E-state index in [2.05, 4.69) is 15.6 Å². The Morgan fingerprint density at radius 1 is 1.15 bits per heavy atom. The summed E-state index contributed by atoms with van der Waals surface area (Å²) < 4.78 is 18.9. The summed E-state index contributed by atoms with van der Waals surface area (Å²) in [5.74, 6) is 1.08. The van der Waals surface area contributed by atoms with Crippen LogP contribution in [0.5, 0.6) is 5.75 Å². The molecule has 0 fully saturated rings. The van der Waals surface area contributed by atoms with Gasteiger partial charge in [-0.05, 0) is 43.2 Å². The topological polar surface area (TPSA) is 65.9 Å². The van der Waals surface area contributed by atoms with Gasteiger partial charge in [-0.15, -0.1) is 0 Å². The van der Waals surface area contributed by atoms with Gasteiger partial charge in [-0.3, -0.25) is 0 Å². The lowest BCUT2D eigenvalue weighted by atomic mass is 10.1. The van der Waals surface area contributed by atoms with E-state index in [0.29, 0.717) is 19.0 Å². The number of hydrogen-bond acceptors (Lipinski definition) is 3. The normalized spacial score (nSPS) is 11.3. The second-order valence-corrected chi connectivity index (χ2v) is 5.95. The number of rotatable bonds is 7. The first-order chi connectivity index (χ1) is 12.6. The molecule has 140 valence electrons. The zero-order chi connectivity index (χ0) is 18.9. The molecule has 0 atom stereocenters. The first kappa shape index (κ1) is 19.7. The molecule has 0 heterocycles. The molecule has 6 heteroatoms. The third-order valence-corrected chi connectivity index (χ3v) is 3.93. The molecule has 3 N–H and O–H groups in total. The third kappa shape index (κ3) is 5.46. The van der Waals surface area contributed by atoms with Crippen LogP contribution in [0.2, 0.25) is 0 Å². The maximum atomic E-state index is 13.5. The van der Waals surface area contributed by atoms with Crippen LogP contribution in [-0.4, -0.2) is 24.7 Å². The van der Waals surface area contributed by atoms with Crippen molar-refractivity contribution in [3.63, 3.8) is 0 Å². The molecule has 0 radical (unpaired) electrons. The number of methoxy groups -OCH3 is 1. The number of nitrogens with zero attached hydrogens (tertiary/aromatic N) is 1. The van der Waals surface area contributed by atoms with Gasteiger partial charge in [0.1, 0.15) is 11.6 Å². The van der Waals surface area contributed by atoms with E-state index in [1.807, 2.05) is 32.0 Å². The van der Waals surface area contributed by atoms with Gasteiger partial charge in [0.05, 0.1) is 20.3 Å². The van der Waals surface area contributed by atoms with Crippen molar-refractivity contribution in [3.8, 4) is 5.75 Å². The van der Waals surface area contributed by atoms with Crippen LogP contribution in [0.25, 0.3) is 0 Å². The Balaban J connectivity index is 2.07. The molecule has 5 nitrogen and oxygen atoms in total. The summed E-state index contributed by atoms with van der Waals surface area (Å²) in [6.45, 7) is 5.37. The van der Waals surface area contributed by atoms with Gasteiger partial charge in [0.15, 0.2) is 5.96 Å². The molecule has 0 saturated carbocycles. The first-order valence-corrected chi connectivity index (χ1v) is 8.61. The summed E-state index contributed by atoms with van der Waals surface area (Å²) in [5.41, 5.74) is 3.29. The van der Waals surface area contributed by atoms with Gasteiger partial charge in [0.25, 0.3) is 0 Å².